The Morgan fingerprint density at radius 3 is 2.65 bits per heavy atom. The first-order valence-electron chi connectivity index (χ1n) is 11.6. The van der Waals surface area contributed by atoms with Gasteiger partial charge in [-0.2, -0.15) is 5.26 Å². The van der Waals surface area contributed by atoms with Gasteiger partial charge < -0.3 is 11.1 Å². The Hall–Kier alpha value is -2.39. The van der Waals surface area contributed by atoms with E-state index in [0.29, 0.717) is 38.3 Å². The van der Waals surface area contributed by atoms with Crippen LogP contribution in [0.2, 0.25) is 0 Å². The fraction of sp³-hybridized carbons (Fsp3) is 0.600. The molecular formula is C25H35N4O2. The van der Waals surface area contributed by atoms with Crippen LogP contribution in [0, 0.1) is 23.7 Å². The lowest BCUT2D eigenvalue weighted by Crippen LogP contribution is -2.58. The zero-order valence-electron chi connectivity index (χ0n) is 18.4. The fourth-order valence-corrected chi connectivity index (χ4v) is 5.01. The number of nitrogens with one attached hydrogen (secondary N) is 1. The van der Waals surface area contributed by atoms with Crippen LogP contribution in [-0.4, -0.2) is 41.4 Å². The van der Waals surface area contributed by atoms with Gasteiger partial charge in [0, 0.05) is 32.0 Å². The van der Waals surface area contributed by atoms with Gasteiger partial charge >= 0.3 is 0 Å². The number of nitriles is 1. The third-order valence-corrected chi connectivity index (χ3v) is 6.82. The molecule has 6 heteroatoms. The highest BCUT2D eigenvalue weighted by molar-refractivity contribution is 5.85. The molecule has 0 aromatic heterocycles. The van der Waals surface area contributed by atoms with Crippen LogP contribution in [0.1, 0.15) is 63.4 Å². The second-order valence-corrected chi connectivity index (χ2v) is 9.18. The zero-order chi connectivity index (χ0) is 22.1. The minimum absolute atomic E-state index is 0.0637. The smallest absolute Gasteiger partial charge is 0.225 e. The van der Waals surface area contributed by atoms with E-state index in [1.807, 2.05) is 18.2 Å². The second-order valence-electron chi connectivity index (χ2n) is 9.18. The van der Waals surface area contributed by atoms with Gasteiger partial charge in [-0.3, -0.25) is 14.5 Å². The van der Waals surface area contributed by atoms with Crippen LogP contribution < -0.4 is 11.1 Å². The van der Waals surface area contributed by atoms with Crippen LogP contribution in [0.25, 0.3) is 0 Å². The molecule has 167 valence electrons. The molecule has 2 amide bonds. The van der Waals surface area contributed by atoms with Gasteiger partial charge in [-0.05, 0) is 37.2 Å². The summed E-state index contributed by atoms with van der Waals surface area (Å²) in [5, 5.41) is 13.1. The second kappa shape index (κ2) is 11.3. The van der Waals surface area contributed by atoms with Crippen LogP contribution in [0.15, 0.2) is 30.3 Å². The van der Waals surface area contributed by atoms with Gasteiger partial charge in [0.15, 0.2) is 0 Å². The van der Waals surface area contributed by atoms with Crippen molar-refractivity contribution in [1.82, 2.24) is 10.2 Å². The number of hydrogen-bond acceptors (Lipinski definition) is 4. The van der Waals surface area contributed by atoms with Crippen LogP contribution in [-0.2, 0) is 16.0 Å². The number of carbonyl (C=O) groups excluding carboxylic acids is 2. The van der Waals surface area contributed by atoms with E-state index in [1.165, 1.54) is 37.7 Å². The van der Waals surface area contributed by atoms with Crippen LogP contribution in [0.5, 0.6) is 0 Å². The molecule has 1 aromatic carbocycles. The number of amides is 2. The molecule has 2 unspecified atom stereocenters. The lowest BCUT2D eigenvalue weighted by Gasteiger charge is -2.44. The van der Waals surface area contributed by atoms with E-state index in [9.17, 15) is 14.9 Å². The number of nitrogens with zero attached hydrogens (tertiary/aromatic N) is 2. The van der Waals surface area contributed by atoms with Crippen molar-refractivity contribution in [3.63, 3.8) is 0 Å². The molecule has 31 heavy (non-hydrogen) atoms. The molecule has 1 radical (unpaired) electrons. The van der Waals surface area contributed by atoms with Gasteiger partial charge in [-0.15, -0.1) is 0 Å². The number of hydrogen-bond donors (Lipinski definition) is 2. The van der Waals surface area contributed by atoms with E-state index in [1.54, 1.807) is 6.42 Å². The minimum Gasteiger partial charge on any atom is -0.370 e. The molecule has 2 aliphatic rings. The average Bonchev–Trinajstić information content (AvgIpc) is 2.78. The molecule has 1 saturated carbocycles. The van der Waals surface area contributed by atoms with E-state index in [0.717, 1.165) is 12.8 Å². The van der Waals surface area contributed by atoms with Gasteiger partial charge in [0.05, 0.1) is 6.07 Å². The van der Waals surface area contributed by atoms with E-state index >= 15 is 0 Å². The quantitative estimate of drug-likeness (QED) is 0.637. The first-order valence-corrected chi connectivity index (χ1v) is 11.6. The molecule has 3 N–H and O–H groups in total. The third kappa shape index (κ3) is 7.07. The number of likely N-dealkylation sites (tertiary alicyclic amines) is 1. The van der Waals surface area contributed by atoms with E-state index in [2.05, 4.69) is 28.4 Å². The number of nitrogens with two attached hydrogens (primary N) is 1. The molecule has 3 rings (SSSR count). The molecule has 1 saturated heterocycles. The monoisotopic (exact) mass is 423 g/mol. The average molecular weight is 424 g/mol. The van der Waals surface area contributed by atoms with E-state index in [4.69, 9.17) is 5.73 Å². The summed E-state index contributed by atoms with van der Waals surface area (Å²) >= 11 is 0. The highest BCUT2D eigenvalue weighted by Crippen LogP contribution is 2.30. The van der Waals surface area contributed by atoms with Crippen molar-refractivity contribution < 1.29 is 9.59 Å². The predicted octanol–water partition coefficient (Wildman–Crippen LogP) is 3.12. The normalized spacial score (nSPS) is 24.9. The Balaban J connectivity index is 1.63. The van der Waals surface area contributed by atoms with Gasteiger partial charge in [0.2, 0.25) is 11.8 Å². The topological polar surface area (TPSA) is 99.2 Å². The van der Waals surface area contributed by atoms with Crippen molar-refractivity contribution in [2.45, 2.75) is 75.8 Å². The summed E-state index contributed by atoms with van der Waals surface area (Å²) in [7, 11) is 0. The lowest BCUT2D eigenvalue weighted by molar-refractivity contribution is -0.120. The number of primary amides is 1. The van der Waals surface area contributed by atoms with E-state index in [-0.39, 0.29) is 17.9 Å². The lowest BCUT2D eigenvalue weighted by atomic mass is 9.81. The van der Waals surface area contributed by atoms with Crippen LogP contribution >= 0.6 is 0 Å². The van der Waals surface area contributed by atoms with Crippen molar-refractivity contribution in [3.8, 4) is 6.07 Å². The Kier molecular flexibility index (Phi) is 8.48. The molecule has 0 spiro atoms. The maximum Gasteiger partial charge on any atom is 0.225 e. The van der Waals surface area contributed by atoms with Crippen molar-refractivity contribution in [2.24, 2.45) is 11.7 Å². The van der Waals surface area contributed by atoms with Crippen molar-refractivity contribution >= 4 is 11.8 Å². The molecule has 1 heterocycles. The highest BCUT2D eigenvalue weighted by Gasteiger charge is 2.41. The number of rotatable bonds is 9. The first kappa shape index (κ1) is 23.3. The number of piperidine rings is 1. The number of carbonyl (C=O) groups is 2. The van der Waals surface area contributed by atoms with Gasteiger partial charge in [-0.1, -0.05) is 62.4 Å². The first-order chi connectivity index (χ1) is 15.0. The minimum atomic E-state index is -0.872. The summed E-state index contributed by atoms with van der Waals surface area (Å²) in [5.41, 5.74) is 5.68. The molecular weight excluding hydrogens is 388 g/mol. The van der Waals surface area contributed by atoms with Crippen LogP contribution in [0.4, 0.5) is 0 Å². The Labute approximate surface area is 186 Å². The highest BCUT2D eigenvalue weighted by atomic mass is 16.2. The van der Waals surface area contributed by atoms with Crippen LogP contribution in [0.3, 0.4) is 0 Å². The predicted molar refractivity (Wildman–Crippen MR) is 121 cm³/mol. The molecule has 0 bridgehead atoms. The summed E-state index contributed by atoms with van der Waals surface area (Å²) in [6, 6.07) is 12.6. The van der Waals surface area contributed by atoms with Gasteiger partial charge in [0.25, 0.3) is 0 Å². The molecule has 1 aliphatic carbocycles. The Morgan fingerprint density at radius 2 is 1.97 bits per heavy atom. The van der Waals surface area contributed by atoms with Crippen molar-refractivity contribution in [3.05, 3.63) is 42.3 Å². The summed E-state index contributed by atoms with van der Waals surface area (Å²) in [5.74, 6) is 0.149. The molecule has 6 nitrogen and oxygen atoms in total. The summed E-state index contributed by atoms with van der Waals surface area (Å²) < 4.78 is 0. The molecule has 1 aromatic rings. The summed E-state index contributed by atoms with van der Waals surface area (Å²) in [6.45, 7) is 1.23. The molecule has 1 aliphatic heterocycles. The van der Waals surface area contributed by atoms with E-state index < -0.39 is 5.54 Å². The Bertz CT molecular complexity index is 769. The third-order valence-electron chi connectivity index (χ3n) is 6.82. The SMILES string of the molecule is N#CC1(NC(=O)[CH]CC2CCCCC2)CCN(CCC(N)=O)C(Cc2ccccc2)C1. The standard InChI is InChI=1S/C25H35N4O2/c26-19-25(28-24(31)12-11-20-7-3-1-4-8-20)14-16-29(15-13-23(27)30)22(18-25)17-21-9-5-2-6-10-21/h2,5-6,9-10,12,20,22H,1,3-4,7-8,11,13-18H2,(H2,27,30)(H,28,31). The van der Waals surface area contributed by atoms with Crippen molar-refractivity contribution in [1.29, 1.82) is 5.26 Å². The summed E-state index contributed by atoms with van der Waals surface area (Å²) in [4.78, 5) is 26.2. The maximum atomic E-state index is 12.7. The molecule has 2 fully saturated rings. The van der Waals surface area contributed by atoms with Gasteiger partial charge in [0.1, 0.15) is 5.54 Å². The zero-order valence-corrected chi connectivity index (χ0v) is 18.4. The maximum absolute atomic E-state index is 12.7. The molecule has 2 atom stereocenters. The summed E-state index contributed by atoms with van der Waals surface area (Å²) in [6.07, 6.45) is 10.9. The van der Waals surface area contributed by atoms with Crippen molar-refractivity contribution in [2.75, 3.05) is 13.1 Å². The largest absolute Gasteiger partial charge is 0.370 e. The van der Waals surface area contributed by atoms with Gasteiger partial charge in [-0.25, -0.2) is 0 Å². The Morgan fingerprint density at radius 1 is 1.23 bits per heavy atom. The number of benzene rings is 1. The fourth-order valence-electron chi connectivity index (χ4n) is 5.01.